The molecule has 0 N–H and O–H groups in total. The molecule has 0 amide bonds. The molecule has 0 atom stereocenters. The van der Waals surface area contributed by atoms with Crippen LogP contribution in [0.2, 0.25) is 0 Å². The standard InChI is InChI=1S/C12H12O3/c1-7-4-9-6-8(2)15-11(9)10(5-7)12(13)14-3/h4-6H,1-3H3. The number of methoxy groups -OCH3 is 1. The first-order valence-electron chi connectivity index (χ1n) is 4.71. The zero-order chi connectivity index (χ0) is 11.0. The lowest BCUT2D eigenvalue weighted by Gasteiger charge is -2.01. The van der Waals surface area contributed by atoms with E-state index < -0.39 is 0 Å². The molecule has 15 heavy (non-hydrogen) atoms. The number of benzene rings is 1. The van der Waals surface area contributed by atoms with E-state index in [0.29, 0.717) is 11.1 Å². The average molecular weight is 204 g/mol. The molecule has 3 nitrogen and oxygen atoms in total. The Morgan fingerprint density at radius 3 is 2.67 bits per heavy atom. The van der Waals surface area contributed by atoms with Crippen LogP contribution >= 0.6 is 0 Å². The van der Waals surface area contributed by atoms with Crippen molar-refractivity contribution in [3.63, 3.8) is 0 Å². The van der Waals surface area contributed by atoms with Gasteiger partial charge in [0.2, 0.25) is 0 Å². The van der Waals surface area contributed by atoms with Crippen molar-refractivity contribution in [3.05, 3.63) is 35.1 Å². The highest BCUT2D eigenvalue weighted by Gasteiger charge is 2.14. The molecule has 0 saturated heterocycles. The van der Waals surface area contributed by atoms with Gasteiger partial charge in [0.1, 0.15) is 16.9 Å². The van der Waals surface area contributed by atoms with Crippen LogP contribution < -0.4 is 0 Å². The van der Waals surface area contributed by atoms with Crippen molar-refractivity contribution in [1.82, 2.24) is 0 Å². The normalized spacial score (nSPS) is 10.6. The van der Waals surface area contributed by atoms with Crippen LogP contribution in [0.5, 0.6) is 0 Å². The second-order valence-corrected chi connectivity index (χ2v) is 3.58. The number of rotatable bonds is 1. The average Bonchev–Trinajstić information content (AvgIpc) is 2.55. The van der Waals surface area contributed by atoms with E-state index in [1.807, 2.05) is 26.0 Å². The van der Waals surface area contributed by atoms with E-state index in [4.69, 9.17) is 9.15 Å². The third kappa shape index (κ3) is 1.61. The number of carbonyl (C=O) groups excluding carboxylic acids is 1. The Kier molecular flexibility index (Phi) is 2.23. The van der Waals surface area contributed by atoms with E-state index in [1.54, 1.807) is 6.07 Å². The van der Waals surface area contributed by atoms with Gasteiger partial charge in [-0.1, -0.05) is 0 Å². The topological polar surface area (TPSA) is 39.4 Å². The quantitative estimate of drug-likeness (QED) is 0.670. The predicted octanol–water partition coefficient (Wildman–Crippen LogP) is 2.84. The Hall–Kier alpha value is -1.77. The summed E-state index contributed by atoms with van der Waals surface area (Å²) in [6.45, 7) is 3.80. The Balaban J connectivity index is 2.75. The Bertz CT molecular complexity index is 523. The highest BCUT2D eigenvalue weighted by molar-refractivity contribution is 6.02. The summed E-state index contributed by atoms with van der Waals surface area (Å²) >= 11 is 0. The number of carbonyl (C=O) groups is 1. The second-order valence-electron chi connectivity index (χ2n) is 3.58. The molecular weight excluding hydrogens is 192 g/mol. The van der Waals surface area contributed by atoms with Crippen LogP contribution in [0.15, 0.2) is 22.6 Å². The van der Waals surface area contributed by atoms with E-state index >= 15 is 0 Å². The SMILES string of the molecule is COC(=O)c1cc(C)cc2cc(C)oc12. The summed E-state index contributed by atoms with van der Waals surface area (Å²) in [5.74, 6) is 0.429. The zero-order valence-electron chi connectivity index (χ0n) is 8.96. The number of hydrogen-bond donors (Lipinski definition) is 0. The fourth-order valence-corrected chi connectivity index (χ4v) is 1.69. The minimum atomic E-state index is -0.363. The lowest BCUT2D eigenvalue weighted by molar-refractivity contribution is 0.0601. The summed E-state index contributed by atoms with van der Waals surface area (Å²) in [7, 11) is 1.37. The maximum atomic E-state index is 11.5. The van der Waals surface area contributed by atoms with Crippen LogP contribution in [-0.2, 0) is 4.74 Å². The van der Waals surface area contributed by atoms with Gasteiger partial charge in [0, 0.05) is 5.39 Å². The van der Waals surface area contributed by atoms with Crippen LogP contribution in [0.25, 0.3) is 11.0 Å². The van der Waals surface area contributed by atoms with Crippen LogP contribution in [0.1, 0.15) is 21.7 Å². The Labute approximate surface area is 87.6 Å². The molecule has 1 aromatic heterocycles. The molecule has 0 aliphatic heterocycles. The van der Waals surface area contributed by atoms with Crippen LogP contribution in [0.4, 0.5) is 0 Å². The van der Waals surface area contributed by atoms with Crippen molar-refractivity contribution in [2.24, 2.45) is 0 Å². The van der Waals surface area contributed by atoms with E-state index in [1.165, 1.54) is 7.11 Å². The van der Waals surface area contributed by atoms with Gasteiger partial charge < -0.3 is 9.15 Å². The van der Waals surface area contributed by atoms with E-state index in [-0.39, 0.29) is 5.97 Å². The molecule has 0 aliphatic carbocycles. The molecule has 0 bridgehead atoms. The minimum absolute atomic E-state index is 0.363. The van der Waals surface area contributed by atoms with Gasteiger partial charge in [-0.2, -0.15) is 0 Å². The largest absolute Gasteiger partial charge is 0.465 e. The van der Waals surface area contributed by atoms with Gasteiger partial charge >= 0.3 is 5.97 Å². The molecule has 2 rings (SSSR count). The monoisotopic (exact) mass is 204 g/mol. The first-order valence-corrected chi connectivity index (χ1v) is 4.71. The first kappa shape index (κ1) is 9.77. The highest BCUT2D eigenvalue weighted by Crippen LogP contribution is 2.25. The van der Waals surface area contributed by atoms with Crippen molar-refractivity contribution in [2.45, 2.75) is 13.8 Å². The van der Waals surface area contributed by atoms with Crippen molar-refractivity contribution in [3.8, 4) is 0 Å². The van der Waals surface area contributed by atoms with Gasteiger partial charge in [-0.15, -0.1) is 0 Å². The van der Waals surface area contributed by atoms with Crippen LogP contribution in [0.3, 0.4) is 0 Å². The number of furan rings is 1. The van der Waals surface area contributed by atoms with Gasteiger partial charge in [-0.25, -0.2) is 4.79 Å². The molecule has 1 heterocycles. The van der Waals surface area contributed by atoms with Crippen LogP contribution in [0, 0.1) is 13.8 Å². The summed E-state index contributed by atoms with van der Waals surface area (Å²) in [5, 5.41) is 0.938. The molecular formula is C12H12O3. The van der Waals surface area contributed by atoms with Gasteiger partial charge in [0.25, 0.3) is 0 Å². The molecule has 3 heteroatoms. The molecule has 0 unspecified atom stereocenters. The van der Waals surface area contributed by atoms with Crippen molar-refractivity contribution >= 4 is 16.9 Å². The molecule has 0 aliphatic rings. The summed E-state index contributed by atoms with van der Waals surface area (Å²) in [5.41, 5.74) is 2.11. The summed E-state index contributed by atoms with van der Waals surface area (Å²) in [6.07, 6.45) is 0. The van der Waals surface area contributed by atoms with Crippen molar-refractivity contribution in [2.75, 3.05) is 7.11 Å². The maximum absolute atomic E-state index is 11.5. The van der Waals surface area contributed by atoms with Gasteiger partial charge in [0.15, 0.2) is 0 Å². The van der Waals surface area contributed by atoms with E-state index in [2.05, 4.69) is 0 Å². The van der Waals surface area contributed by atoms with E-state index in [0.717, 1.165) is 16.7 Å². The maximum Gasteiger partial charge on any atom is 0.341 e. The molecule has 0 saturated carbocycles. The highest BCUT2D eigenvalue weighted by atomic mass is 16.5. The molecule has 0 fully saturated rings. The molecule has 78 valence electrons. The fourth-order valence-electron chi connectivity index (χ4n) is 1.69. The summed E-state index contributed by atoms with van der Waals surface area (Å²) in [4.78, 5) is 11.5. The lowest BCUT2D eigenvalue weighted by Crippen LogP contribution is -2.01. The summed E-state index contributed by atoms with van der Waals surface area (Å²) < 4.78 is 10.2. The molecule has 0 spiro atoms. The van der Waals surface area contributed by atoms with Gasteiger partial charge in [-0.05, 0) is 37.6 Å². The predicted molar refractivity (Wildman–Crippen MR) is 57.0 cm³/mol. The number of esters is 1. The van der Waals surface area contributed by atoms with Gasteiger partial charge in [-0.3, -0.25) is 0 Å². The fraction of sp³-hybridized carbons (Fsp3) is 0.250. The second kappa shape index (κ2) is 3.42. The van der Waals surface area contributed by atoms with Crippen LogP contribution in [-0.4, -0.2) is 13.1 Å². The third-order valence-electron chi connectivity index (χ3n) is 2.29. The Morgan fingerprint density at radius 2 is 2.00 bits per heavy atom. The number of hydrogen-bond acceptors (Lipinski definition) is 3. The first-order chi connectivity index (χ1) is 7.11. The smallest absolute Gasteiger partial charge is 0.341 e. The third-order valence-corrected chi connectivity index (χ3v) is 2.29. The van der Waals surface area contributed by atoms with Crippen molar-refractivity contribution in [1.29, 1.82) is 0 Å². The van der Waals surface area contributed by atoms with E-state index in [9.17, 15) is 4.79 Å². The van der Waals surface area contributed by atoms with Crippen molar-refractivity contribution < 1.29 is 13.9 Å². The molecule has 2 aromatic rings. The molecule has 0 radical (unpaired) electrons. The van der Waals surface area contributed by atoms with Gasteiger partial charge in [0.05, 0.1) is 7.11 Å². The number of aryl methyl sites for hydroxylation is 2. The minimum Gasteiger partial charge on any atom is -0.465 e. The lowest BCUT2D eigenvalue weighted by atomic mass is 10.1. The molecule has 1 aromatic carbocycles. The zero-order valence-corrected chi connectivity index (χ0v) is 8.96. The Morgan fingerprint density at radius 1 is 1.27 bits per heavy atom. The number of ether oxygens (including phenoxy) is 1. The summed E-state index contributed by atoms with van der Waals surface area (Å²) in [6, 6.07) is 5.67. The number of fused-ring (bicyclic) bond motifs is 1.